The number of amides is 1. The highest BCUT2D eigenvalue weighted by Gasteiger charge is 2.28. The number of aryl methyl sites for hydroxylation is 1. The van der Waals surface area contributed by atoms with Crippen LogP contribution in [0, 0.1) is 5.92 Å². The van der Waals surface area contributed by atoms with Gasteiger partial charge in [0, 0.05) is 0 Å². The molecule has 1 aliphatic carbocycles. The van der Waals surface area contributed by atoms with E-state index in [9.17, 15) is 4.79 Å². The lowest BCUT2D eigenvalue weighted by atomic mass is 9.87. The average molecular weight is 272 g/mol. The fourth-order valence-corrected chi connectivity index (χ4v) is 3.48. The van der Waals surface area contributed by atoms with Crippen molar-refractivity contribution in [2.24, 2.45) is 5.92 Å². The van der Waals surface area contributed by atoms with Crippen LogP contribution in [0.25, 0.3) is 0 Å². The zero-order valence-electron chi connectivity index (χ0n) is 12.2. The molecule has 3 heteroatoms. The van der Waals surface area contributed by atoms with Gasteiger partial charge in [-0.05, 0) is 55.7 Å². The van der Waals surface area contributed by atoms with Crippen molar-refractivity contribution in [1.29, 1.82) is 0 Å². The Morgan fingerprint density at radius 3 is 3.00 bits per heavy atom. The second kappa shape index (κ2) is 5.96. The normalized spacial score (nSPS) is 29.6. The molecule has 0 spiro atoms. The van der Waals surface area contributed by atoms with Gasteiger partial charge in [0.1, 0.15) is 0 Å². The molecule has 1 amide bonds. The predicted molar refractivity (Wildman–Crippen MR) is 80.5 cm³/mol. The number of carbonyl (C=O) groups is 1. The molecule has 0 radical (unpaired) electrons. The van der Waals surface area contributed by atoms with Gasteiger partial charge in [-0.1, -0.05) is 31.2 Å². The average Bonchev–Trinajstić information content (AvgIpc) is 2.47. The largest absolute Gasteiger partial charge is 0.348 e. The molecule has 3 atom stereocenters. The maximum Gasteiger partial charge on any atom is 0.237 e. The number of hydrogen-bond acceptors (Lipinski definition) is 2. The Morgan fingerprint density at radius 2 is 2.15 bits per heavy atom. The van der Waals surface area contributed by atoms with Crippen molar-refractivity contribution in [3.8, 4) is 0 Å². The molecule has 0 bridgehead atoms. The highest BCUT2D eigenvalue weighted by molar-refractivity contribution is 5.82. The summed E-state index contributed by atoms with van der Waals surface area (Å²) in [5.41, 5.74) is 2.71. The molecule has 1 aromatic carbocycles. The highest BCUT2D eigenvalue weighted by Crippen LogP contribution is 2.29. The van der Waals surface area contributed by atoms with Crippen LogP contribution in [0.4, 0.5) is 0 Å². The summed E-state index contributed by atoms with van der Waals surface area (Å²) in [4.78, 5) is 12.4. The van der Waals surface area contributed by atoms with Crippen molar-refractivity contribution in [2.75, 3.05) is 6.54 Å². The third-order valence-electron chi connectivity index (χ3n) is 4.67. The van der Waals surface area contributed by atoms with E-state index >= 15 is 0 Å². The fraction of sp³-hybridized carbons (Fsp3) is 0.588. The zero-order chi connectivity index (χ0) is 13.9. The minimum Gasteiger partial charge on any atom is -0.348 e. The number of fused-ring (bicyclic) bond motifs is 1. The zero-order valence-corrected chi connectivity index (χ0v) is 12.2. The Bertz CT molecular complexity index is 486. The van der Waals surface area contributed by atoms with E-state index in [1.165, 1.54) is 17.5 Å². The summed E-state index contributed by atoms with van der Waals surface area (Å²) in [7, 11) is 0. The minimum atomic E-state index is -0.00663. The van der Waals surface area contributed by atoms with Crippen LogP contribution in [-0.4, -0.2) is 18.5 Å². The maximum absolute atomic E-state index is 12.4. The Kier molecular flexibility index (Phi) is 4.06. The molecule has 1 fully saturated rings. The van der Waals surface area contributed by atoms with Gasteiger partial charge in [0.25, 0.3) is 0 Å². The molecule has 1 saturated heterocycles. The molecule has 1 aliphatic heterocycles. The molecule has 2 aliphatic rings. The van der Waals surface area contributed by atoms with Gasteiger partial charge in [0.05, 0.1) is 12.1 Å². The van der Waals surface area contributed by atoms with Crippen molar-refractivity contribution >= 4 is 5.91 Å². The van der Waals surface area contributed by atoms with Crippen LogP contribution >= 0.6 is 0 Å². The summed E-state index contributed by atoms with van der Waals surface area (Å²) in [5.74, 6) is 0.823. The van der Waals surface area contributed by atoms with Gasteiger partial charge in [0.15, 0.2) is 0 Å². The summed E-state index contributed by atoms with van der Waals surface area (Å²) in [6.45, 7) is 3.19. The Balaban J connectivity index is 1.68. The van der Waals surface area contributed by atoms with E-state index in [0.29, 0.717) is 5.92 Å². The summed E-state index contributed by atoms with van der Waals surface area (Å²) in [6.07, 6.45) is 5.50. The van der Waals surface area contributed by atoms with E-state index in [4.69, 9.17) is 0 Å². The van der Waals surface area contributed by atoms with Crippen molar-refractivity contribution < 1.29 is 4.79 Å². The first-order valence-corrected chi connectivity index (χ1v) is 7.85. The van der Waals surface area contributed by atoms with Crippen molar-refractivity contribution in [1.82, 2.24) is 10.6 Å². The lowest BCUT2D eigenvalue weighted by Gasteiger charge is -2.31. The first-order chi connectivity index (χ1) is 9.74. The van der Waals surface area contributed by atoms with Gasteiger partial charge in [0.2, 0.25) is 5.91 Å². The van der Waals surface area contributed by atoms with Crippen LogP contribution in [0.3, 0.4) is 0 Å². The summed E-state index contributed by atoms with van der Waals surface area (Å²) >= 11 is 0. The molecule has 3 unspecified atom stereocenters. The van der Waals surface area contributed by atoms with Gasteiger partial charge in [-0.3, -0.25) is 4.79 Å². The molecular weight excluding hydrogens is 248 g/mol. The molecule has 108 valence electrons. The first kappa shape index (κ1) is 13.6. The molecule has 3 nitrogen and oxygen atoms in total. The molecule has 0 aromatic heterocycles. The van der Waals surface area contributed by atoms with Gasteiger partial charge in [-0.25, -0.2) is 0 Å². The summed E-state index contributed by atoms with van der Waals surface area (Å²) < 4.78 is 0. The standard InChI is InChI=1S/C17H24N2O/c1-12-9-10-18-16(11-12)17(20)19-15-8-4-6-13-5-2-3-7-14(13)15/h2-3,5,7,12,15-16,18H,4,6,8-11H2,1H3,(H,19,20). The number of rotatable bonds is 2. The number of nitrogens with one attached hydrogen (secondary N) is 2. The molecule has 20 heavy (non-hydrogen) atoms. The molecule has 3 rings (SSSR count). The van der Waals surface area contributed by atoms with Gasteiger partial charge >= 0.3 is 0 Å². The van der Waals surface area contributed by atoms with E-state index < -0.39 is 0 Å². The third kappa shape index (κ3) is 2.88. The monoisotopic (exact) mass is 272 g/mol. The summed E-state index contributed by atoms with van der Waals surface area (Å²) in [5, 5.41) is 6.61. The SMILES string of the molecule is CC1CCNC(C(=O)NC2CCCc3ccccc32)C1. The van der Waals surface area contributed by atoms with Crippen LogP contribution < -0.4 is 10.6 Å². The van der Waals surface area contributed by atoms with E-state index in [1.807, 2.05) is 0 Å². The van der Waals surface area contributed by atoms with E-state index in [-0.39, 0.29) is 18.0 Å². The third-order valence-corrected chi connectivity index (χ3v) is 4.67. The second-order valence-corrected chi connectivity index (χ2v) is 6.29. The number of carbonyl (C=O) groups excluding carboxylic acids is 1. The van der Waals surface area contributed by atoms with Crippen LogP contribution in [-0.2, 0) is 11.2 Å². The van der Waals surface area contributed by atoms with Crippen LogP contribution in [0.1, 0.15) is 49.8 Å². The van der Waals surface area contributed by atoms with Crippen molar-refractivity contribution in [3.63, 3.8) is 0 Å². The fourth-order valence-electron chi connectivity index (χ4n) is 3.48. The number of piperidine rings is 1. The summed E-state index contributed by atoms with van der Waals surface area (Å²) in [6, 6.07) is 8.71. The minimum absolute atomic E-state index is 0.00663. The Hall–Kier alpha value is -1.35. The molecule has 1 aromatic rings. The quantitative estimate of drug-likeness (QED) is 0.869. The lowest BCUT2D eigenvalue weighted by Crippen LogP contribution is -2.49. The van der Waals surface area contributed by atoms with Crippen LogP contribution in [0.5, 0.6) is 0 Å². The maximum atomic E-state index is 12.4. The van der Waals surface area contributed by atoms with E-state index in [0.717, 1.165) is 32.2 Å². The molecule has 1 heterocycles. The van der Waals surface area contributed by atoms with Gasteiger partial charge < -0.3 is 10.6 Å². The van der Waals surface area contributed by atoms with Crippen molar-refractivity contribution in [2.45, 2.75) is 51.1 Å². The molecule has 2 N–H and O–H groups in total. The Labute approximate surface area is 121 Å². The molecule has 0 saturated carbocycles. The topological polar surface area (TPSA) is 41.1 Å². The number of hydrogen-bond donors (Lipinski definition) is 2. The van der Waals surface area contributed by atoms with Gasteiger partial charge in [-0.2, -0.15) is 0 Å². The lowest BCUT2D eigenvalue weighted by molar-refractivity contribution is -0.124. The highest BCUT2D eigenvalue weighted by atomic mass is 16.2. The second-order valence-electron chi connectivity index (χ2n) is 6.29. The Morgan fingerprint density at radius 1 is 1.30 bits per heavy atom. The number of benzene rings is 1. The van der Waals surface area contributed by atoms with Gasteiger partial charge in [-0.15, -0.1) is 0 Å². The first-order valence-electron chi connectivity index (χ1n) is 7.85. The predicted octanol–water partition coefficient (Wildman–Crippen LogP) is 2.57. The van der Waals surface area contributed by atoms with E-state index in [1.54, 1.807) is 0 Å². The van der Waals surface area contributed by atoms with Crippen molar-refractivity contribution in [3.05, 3.63) is 35.4 Å². The van der Waals surface area contributed by atoms with E-state index in [2.05, 4.69) is 41.8 Å². The molecular formula is C17H24N2O. The smallest absolute Gasteiger partial charge is 0.237 e. The van der Waals surface area contributed by atoms with Crippen LogP contribution in [0.15, 0.2) is 24.3 Å². The van der Waals surface area contributed by atoms with Crippen LogP contribution in [0.2, 0.25) is 0 Å².